The summed E-state index contributed by atoms with van der Waals surface area (Å²) in [6.45, 7) is 7.44. The first kappa shape index (κ1) is 36.6. The molecule has 2 saturated heterocycles. The molecule has 48 heavy (non-hydrogen) atoms. The number of hydrogen-bond donors (Lipinski definition) is 0. The molecule has 12 nitrogen and oxygen atoms in total. The normalized spacial score (nSPS) is 20.2. The Morgan fingerprint density at radius 3 is 1.29 bits per heavy atom. The van der Waals surface area contributed by atoms with Crippen LogP contribution in [-0.2, 0) is 0 Å². The molecule has 0 N–H and O–H groups in total. The van der Waals surface area contributed by atoms with Gasteiger partial charge in [-0.3, -0.25) is 30.0 Å². The van der Waals surface area contributed by atoms with Crippen LogP contribution in [0.1, 0.15) is 64.2 Å². The predicted octanol–water partition coefficient (Wildman–Crippen LogP) is 7.64. The Morgan fingerprint density at radius 1 is 0.583 bits per heavy atom. The van der Waals surface area contributed by atoms with Crippen LogP contribution in [0.25, 0.3) is 0 Å². The van der Waals surface area contributed by atoms with Crippen molar-refractivity contribution in [2.24, 2.45) is 0 Å². The highest BCUT2D eigenvalue weighted by Crippen LogP contribution is 2.40. The van der Waals surface area contributed by atoms with Gasteiger partial charge in [0.05, 0.1) is 33.0 Å². The Labute approximate surface area is 300 Å². The molecule has 0 bridgehead atoms. The second-order valence-electron chi connectivity index (χ2n) is 13.1. The summed E-state index contributed by atoms with van der Waals surface area (Å²) >= 11 is 6.69. The van der Waals surface area contributed by atoms with E-state index in [4.69, 9.17) is 9.47 Å². The summed E-state index contributed by atoms with van der Waals surface area (Å²) < 4.78 is 11.9. The maximum atomic E-state index is 11.5. The summed E-state index contributed by atoms with van der Waals surface area (Å²) in [5.41, 5.74) is 1.59. The Kier molecular flexibility index (Phi) is 13.2. The molecule has 2 aromatic carbocycles. The van der Waals surface area contributed by atoms with E-state index in [0.29, 0.717) is 43.9 Å². The monoisotopic (exact) mass is 794 g/mol. The van der Waals surface area contributed by atoms with Crippen LogP contribution >= 0.6 is 31.9 Å². The molecule has 0 unspecified atom stereocenters. The largest absolute Gasteiger partial charge is 0.495 e. The number of nitro groups is 2. The van der Waals surface area contributed by atoms with Crippen LogP contribution in [0.15, 0.2) is 33.2 Å². The van der Waals surface area contributed by atoms with Crippen LogP contribution < -0.4 is 19.3 Å². The first-order valence-corrected chi connectivity index (χ1v) is 18.8. The fourth-order valence-corrected chi connectivity index (χ4v) is 8.79. The molecule has 2 saturated carbocycles. The lowest BCUT2D eigenvalue weighted by Gasteiger charge is -2.27. The van der Waals surface area contributed by atoms with Gasteiger partial charge in [0.25, 0.3) is 11.4 Å². The minimum Gasteiger partial charge on any atom is -0.495 e. The maximum Gasteiger partial charge on any atom is 0.293 e. The van der Waals surface area contributed by atoms with Gasteiger partial charge in [-0.1, -0.05) is 25.7 Å². The lowest BCUT2D eigenvalue weighted by Crippen LogP contribution is -2.37. The number of methoxy groups -OCH3 is 2. The zero-order chi connectivity index (χ0) is 34.2. The minimum atomic E-state index is -0.306. The second-order valence-corrected chi connectivity index (χ2v) is 14.8. The highest BCUT2D eigenvalue weighted by molar-refractivity contribution is 9.11. The Morgan fingerprint density at radius 2 is 0.958 bits per heavy atom. The number of anilines is 2. The van der Waals surface area contributed by atoms with Crippen molar-refractivity contribution in [3.05, 3.63) is 53.4 Å². The molecule has 0 radical (unpaired) electrons. The van der Waals surface area contributed by atoms with E-state index in [2.05, 4.69) is 51.5 Å². The van der Waals surface area contributed by atoms with E-state index >= 15 is 0 Å². The average Bonchev–Trinajstić information content (AvgIpc) is 3.71. The van der Waals surface area contributed by atoms with Crippen molar-refractivity contribution < 1.29 is 19.3 Å². The molecule has 4 aliphatic rings. The van der Waals surface area contributed by atoms with Crippen LogP contribution in [0.5, 0.6) is 11.5 Å². The summed E-state index contributed by atoms with van der Waals surface area (Å²) in [5, 5.41) is 23.0. The molecule has 2 aromatic rings. The van der Waals surface area contributed by atoms with Crippen molar-refractivity contribution in [2.75, 3.05) is 76.4 Å². The van der Waals surface area contributed by atoms with Crippen molar-refractivity contribution in [1.29, 1.82) is 0 Å². The molecular weight excluding hydrogens is 748 g/mol. The zero-order valence-electron chi connectivity index (χ0n) is 28.1. The zero-order valence-corrected chi connectivity index (χ0v) is 31.3. The van der Waals surface area contributed by atoms with Crippen LogP contribution in [0, 0.1) is 20.2 Å². The van der Waals surface area contributed by atoms with E-state index in [0.717, 1.165) is 65.2 Å². The lowest BCUT2D eigenvalue weighted by atomic mass is 10.2. The molecule has 0 aromatic heterocycles. The van der Waals surface area contributed by atoms with Gasteiger partial charge in [0.15, 0.2) is 0 Å². The van der Waals surface area contributed by atoms with Crippen LogP contribution in [0.2, 0.25) is 0 Å². The Balaban J connectivity index is 0.000000188. The average molecular weight is 797 g/mol. The van der Waals surface area contributed by atoms with E-state index in [9.17, 15) is 20.2 Å². The summed E-state index contributed by atoms with van der Waals surface area (Å²) in [4.78, 5) is 31.8. The van der Waals surface area contributed by atoms with Crippen LogP contribution in [-0.4, -0.2) is 98.3 Å². The van der Waals surface area contributed by atoms with Gasteiger partial charge >= 0.3 is 0 Å². The molecule has 6 rings (SSSR count). The number of nitrogens with zero attached hydrogens (tertiary/aromatic N) is 6. The number of halogens is 2. The summed E-state index contributed by atoms with van der Waals surface area (Å²) in [7, 11) is 3.17. The smallest absolute Gasteiger partial charge is 0.293 e. The van der Waals surface area contributed by atoms with Crippen molar-refractivity contribution in [3.63, 3.8) is 0 Å². The lowest BCUT2D eigenvalue weighted by molar-refractivity contribution is -0.384. The fraction of sp³-hybridized carbons (Fsp3) is 0.647. The van der Waals surface area contributed by atoms with E-state index in [1.807, 2.05) is 0 Å². The van der Waals surface area contributed by atoms with Gasteiger partial charge in [0.1, 0.15) is 22.9 Å². The molecule has 4 fully saturated rings. The molecule has 14 heteroatoms. The number of ether oxygens (including phenoxy) is 2. The van der Waals surface area contributed by atoms with E-state index < -0.39 is 0 Å². The van der Waals surface area contributed by atoms with Gasteiger partial charge in [0.2, 0.25) is 0 Å². The number of benzene rings is 2. The van der Waals surface area contributed by atoms with Gasteiger partial charge in [-0.25, -0.2) is 0 Å². The Hall–Kier alpha value is -2.68. The van der Waals surface area contributed by atoms with E-state index in [-0.39, 0.29) is 21.2 Å². The van der Waals surface area contributed by atoms with Gasteiger partial charge in [-0.15, -0.1) is 0 Å². The topological polar surface area (TPSA) is 118 Å². The van der Waals surface area contributed by atoms with Crippen LogP contribution in [0.3, 0.4) is 0 Å². The molecule has 264 valence electrons. The minimum absolute atomic E-state index is 0.136. The second kappa shape index (κ2) is 17.3. The van der Waals surface area contributed by atoms with Gasteiger partial charge in [-0.05, 0) is 70.4 Å². The maximum absolute atomic E-state index is 11.5. The van der Waals surface area contributed by atoms with Gasteiger partial charge in [0, 0.05) is 88.7 Å². The summed E-state index contributed by atoms with van der Waals surface area (Å²) in [6.07, 6.45) is 12.6. The molecule has 2 aliphatic carbocycles. The van der Waals surface area contributed by atoms with Crippen molar-refractivity contribution >= 4 is 54.6 Å². The van der Waals surface area contributed by atoms with Crippen molar-refractivity contribution in [2.45, 2.75) is 76.3 Å². The van der Waals surface area contributed by atoms with E-state index in [1.54, 1.807) is 38.5 Å². The Bertz CT molecular complexity index is 1320. The summed E-state index contributed by atoms with van der Waals surface area (Å²) in [6, 6.07) is 8.08. The van der Waals surface area contributed by atoms with Gasteiger partial charge < -0.3 is 19.3 Å². The number of nitro benzene ring substituents is 2. The molecule has 2 aliphatic heterocycles. The van der Waals surface area contributed by atoms with Crippen LogP contribution in [0.4, 0.5) is 22.7 Å². The van der Waals surface area contributed by atoms with Crippen molar-refractivity contribution in [1.82, 2.24) is 9.80 Å². The molecular formula is C34H48Br2N6O6. The fourth-order valence-electron chi connectivity index (χ4n) is 7.80. The quantitative estimate of drug-likeness (QED) is 0.195. The molecule has 2 heterocycles. The van der Waals surface area contributed by atoms with E-state index in [1.165, 1.54) is 51.4 Å². The molecule has 0 spiro atoms. The number of rotatable bonds is 8. The molecule has 0 amide bonds. The third-order valence-electron chi connectivity index (χ3n) is 10.3. The first-order chi connectivity index (χ1) is 23.2. The summed E-state index contributed by atoms with van der Waals surface area (Å²) in [5.74, 6) is 1.26. The highest BCUT2D eigenvalue weighted by atomic mass is 79.9. The van der Waals surface area contributed by atoms with Crippen molar-refractivity contribution in [3.8, 4) is 11.5 Å². The number of hydrogen-bond acceptors (Lipinski definition) is 10. The van der Waals surface area contributed by atoms with Gasteiger partial charge in [-0.2, -0.15) is 0 Å². The first-order valence-electron chi connectivity index (χ1n) is 17.2. The molecule has 0 atom stereocenters. The third-order valence-corrected chi connectivity index (χ3v) is 11.6. The predicted molar refractivity (Wildman–Crippen MR) is 196 cm³/mol. The third kappa shape index (κ3) is 8.91. The SMILES string of the molecule is COc1cc(N2CCCN(C3CCCC3)CC2)c([N+](=O)[O-])cc1Br.COc1cc(N2CCCN(C3CCCC3)CC2)c([N+](=O)[O-])cc1Br. The highest BCUT2D eigenvalue weighted by Gasteiger charge is 2.30. The standard InChI is InChI=1S/2C17H24BrN3O3/c2*1-24-17-12-15(16(21(22)23)11-14(17)18)20-8-4-7-19(9-10-20)13-5-2-3-6-13/h2*11-13H,2-10H2,1H3.